The van der Waals surface area contributed by atoms with Gasteiger partial charge < -0.3 is 20.5 Å². The first-order chi connectivity index (χ1) is 8.06. The topological polar surface area (TPSA) is 70.6 Å². The zero-order valence-corrected chi connectivity index (χ0v) is 9.66. The summed E-state index contributed by atoms with van der Waals surface area (Å²) in [5, 5.41) is 13.8. The van der Waals surface area contributed by atoms with Crippen molar-refractivity contribution >= 4 is 11.7 Å². The van der Waals surface area contributed by atoms with Gasteiger partial charge in [-0.1, -0.05) is 0 Å². The van der Waals surface area contributed by atoms with E-state index in [1.165, 1.54) is 25.3 Å². The summed E-state index contributed by atoms with van der Waals surface area (Å²) in [6.07, 6.45) is 0. The fraction of sp³-hybridized carbons (Fsp3) is 0.364. The van der Waals surface area contributed by atoms with Gasteiger partial charge in [-0.05, 0) is 19.1 Å². The largest absolute Gasteiger partial charge is 0.494 e. The van der Waals surface area contributed by atoms with Crippen LogP contribution in [0.3, 0.4) is 0 Å². The zero-order chi connectivity index (χ0) is 12.8. The van der Waals surface area contributed by atoms with E-state index in [1.54, 1.807) is 6.92 Å². The normalized spacial score (nSPS) is 11.8. The molecule has 0 spiro atoms. The number of ether oxygens (including phenoxy) is 1. The highest BCUT2D eigenvalue weighted by Gasteiger charge is 2.10. The summed E-state index contributed by atoms with van der Waals surface area (Å²) in [7, 11) is 1.38. The molecule has 0 aliphatic carbocycles. The lowest BCUT2D eigenvalue weighted by Gasteiger charge is -2.13. The Labute approximate surface area is 98.6 Å². The first-order valence-corrected chi connectivity index (χ1v) is 5.08. The van der Waals surface area contributed by atoms with Crippen molar-refractivity contribution in [1.29, 1.82) is 0 Å². The second kappa shape index (κ2) is 6.05. The molecule has 1 aromatic rings. The van der Waals surface area contributed by atoms with Crippen LogP contribution in [0.5, 0.6) is 5.75 Å². The molecule has 0 heterocycles. The second-order valence-corrected chi connectivity index (χ2v) is 3.53. The van der Waals surface area contributed by atoms with Crippen molar-refractivity contribution in [1.82, 2.24) is 5.32 Å². The first kappa shape index (κ1) is 13.2. The fourth-order valence-corrected chi connectivity index (χ4v) is 1.20. The summed E-state index contributed by atoms with van der Waals surface area (Å²) >= 11 is 0. The molecule has 6 heteroatoms. The van der Waals surface area contributed by atoms with Gasteiger partial charge in [0.05, 0.1) is 25.4 Å². The number of anilines is 1. The molecule has 0 aliphatic heterocycles. The Balaban J connectivity index is 2.71. The van der Waals surface area contributed by atoms with E-state index in [2.05, 4.69) is 10.6 Å². The van der Waals surface area contributed by atoms with Gasteiger partial charge in [0.15, 0.2) is 0 Å². The summed E-state index contributed by atoms with van der Waals surface area (Å²) in [6, 6.07) is 2.94. The lowest BCUT2D eigenvalue weighted by atomic mass is 10.3. The van der Waals surface area contributed by atoms with Crippen LogP contribution in [0.2, 0.25) is 0 Å². The molecule has 5 nitrogen and oxygen atoms in total. The Hall–Kier alpha value is -1.82. The molecule has 0 bridgehead atoms. The van der Waals surface area contributed by atoms with E-state index in [4.69, 9.17) is 9.84 Å². The number of amides is 2. The van der Waals surface area contributed by atoms with Crippen molar-refractivity contribution in [2.45, 2.75) is 13.0 Å². The van der Waals surface area contributed by atoms with Crippen LogP contribution >= 0.6 is 0 Å². The maximum atomic E-state index is 12.9. The maximum Gasteiger partial charge on any atom is 0.319 e. The lowest BCUT2D eigenvalue weighted by Crippen LogP contribution is -2.38. The molecule has 0 saturated heterocycles. The van der Waals surface area contributed by atoms with Gasteiger partial charge in [-0.2, -0.15) is 0 Å². The summed E-state index contributed by atoms with van der Waals surface area (Å²) in [5.74, 6) is -0.215. The third-order valence-corrected chi connectivity index (χ3v) is 2.06. The van der Waals surface area contributed by atoms with Crippen molar-refractivity contribution in [3.63, 3.8) is 0 Å². The molecule has 0 aliphatic rings. The number of nitrogens with one attached hydrogen (secondary N) is 2. The maximum absolute atomic E-state index is 12.9. The molecule has 0 saturated carbocycles. The summed E-state index contributed by atoms with van der Waals surface area (Å²) in [6.45, 7) is 1.50. The van der Waals surface area contributed by atoms with E-state index in [1.807, 2.05) is 0 Å². The molecular weight excluding hydrogens is 227 g/mol. The summed E-state index contributed by atoms with van der Waals surface area (Å²) in [4.78, 5) is 11.5. The molecule has 1 unspecified atom stereocenters. The number of hydrogen-bond acceptors (Lipinski definition) is 3. The van der Waals surface area contributed by atoms with Crippen LogP contribution in [0, 0.1) is 5.82 Å². The van der Waals surface area contributed by atoms with Gasteiger partial charge in [-0.3, -0.25) is 0 Å². The summed E-state index contributed by atoms with van der Waals surface area (Å²) in [5.41, 5.74) is 0.358. The van der Waals surface area contributed by atoms with Crippen LogP contribution in [0.25, 0.3) is 0 Å². The Morgan fingerprint density at radius 3 is 2.88 bits per heavy atom. The van der Waals surface area contributed by atoms with Gasteiger partial charge in [0.2, 0.25) is 0 Å². The number of hydrogen-bond donors (Lipinski definition) is 3. The van der Waals surface area contributed by atoms with E-state index < -0.39 is 11.8 Å². The molecule has 3 N–H and O–H groups in total. The smallest absolute Gasteiger partial charge is 0.319 e. The number of benzene rings is 1. The third kappa shape index (κ3) is 3.92. The number of methoxy groups -OCH3 is 1. The van der Waals surface area contributed by atoms with Crippen LogP contribution in [0.1, 0.15) is 6.92 Å². The van der Waals surface area contributed by atoms with Gasteiger partial charge in [0.25, 0.3) is 0 Å². The minimum Gasteiger partial charge on any atom is -0.494 e. The highest BCUT2D eigenvalue weighted by Crippen LogP contribution is 2.24. The highest BCUT2D eigenvalue weighted by atomic mass is 19.1. The third-order valence-electron chi connectivity index (χ3n) is 2.06. The standard InChI is InChI=1S/C11H15FN2O3/c1-7(6-15)13-11(16)14-9-4-3-8(12)5-10(9)17-2/h3-5,7,15H,6H2,1-2H3,(H2,13,14,16). The molecule has 1 rings (SSSR count). The van der Waals surface area contributed by atoms with Gasteiger partial charge in [-0.15, -0.1) is 0 Å². The molecule has 1 aromatic carbocycles. The molecule has 2 amide bonds. The monoisotopic (exact) mass is 242 g/mol. The number of carbonyl (C=O) groups excluding carboxylic acids is 1. The van der Waals surface area contributed by atoms with Crippen LogP contribution in [0.15, 0.2) is 18.2 Å². The van der Waals surface area contributed by atoms with E-state index in [9.17, 15) is 9.18 Å². The second-order valence-electron chi connectivity index (χ2n) is 3.53. The number of rotatable bonds is 4. The van der Waals surface area contributed by atoms with E-state index >= 15 is 0 Å². The predicted molar refractivity (Wildman–Crippen MR) is 61.7 cm³/mol. The number of urea groups is 1. The Kier molecular flexibility index (Phi) is 4.71. The van der Waals surface area contributed by atoms with E-state index in [-0.39, 0.29) is 18.4 Å². The zero-order valence-electron chi connectivity index (χ0n) is 9.66. The number of carbonyl (C=O) groups is 1. The molecule has 17 heavy (non-hydrogen) atoms. The molecular formula is C11H15FN2O3. The van der Waals surface area contributed by atoms with Crippen molar-refractivity contribution in [3.8, 4) is 5.75 Å². The Morgan fingerprint density at radius 1 is 1.59 bits per heavy atom. The van der Waals surface area contributed by atoms with Gasteiger partial charge in [0.1, 0.15) is 11.6 Å². The van der Waals surface area contributed by atoms with Crippen molar-refractivity contribution < 1.29 is 19.0 Å². The number of aliphatic hydroxyl groups is 1. The average Bonchev–Trinajstić information content (AvgIpc) is 2.31. The van der Waals surface area contributed by atoms with Crippen LogP contribution in [0.4, 0.5) is 14.9 Å². The minimum atomic E-state index is -0.489. The molecule has 0 aromatic heterocycles. The van der Waals surface area contributed by atoms with Crippen molar-refractivity contribution in [3.05, 3.63) is 24.0 Å². The van der Waals surface area contributed by atoms with E-state index in [0.717, 1.165) is 0 Å². The SMILES string of the molecule is COc1cc(F)ccc1NC(=O)NC(C)CO. The number of halogens is 1. The van der Waals surface area contributed by atoms with E-state index in [0.29, 0.717) is 5.69 Å². The van der Waals surface area contributed by atoms with Crippen LogP contribution < -0.4 is 15.4 Å². The highest BCUT2D eigenvalue weighted by molar-refractivity contribution is 5.91. The Morgan fingerprint density at radius 2 is 2.29 bits per heavy atom. The van der Waals surface area contributed by atoms with Gasteiger partial charge in [0, 0.05) is 6.07 Å². The molecule has 0 fully saturated rings. The summed E-state index contributed by atoms with van der Waals surface area (Å²) < 4.78 is 17.8. The Bertz CT molecular complexity index is 398. The number of aliphatic hydroxyl groups excluding tert-OH is 1. The minimum absolute atomic E-state index is 0.159. The molecule has 94 valence electrons. The quantitative estimate of drug-likeness (QED) is 0.746. The van der Waals surface area contributed by atoms with Crippen LogP contribution in [-0.4, -0.2) is 30.9 Å². The van der Waals surface area contributed by atoms with Gasteiger partial charge in [-0.25, -0.2) is 9.18 Å². The van der Waals surface area contributed by atoms with Crippen molar-refractivity contribution in [2.75, 3.05) is 19.0 Å². The fourth-order valence-electron chi connectivity index (χ4n) is 1.20. The van der Waals surface area contributed by atoms with Crippen LogP contribution in [-0.2, 0) is 0 Å². The van der Waals surface area contributed by atoms with Crippen molar-refractivity contribution in [2.24, 2.45) is 0 Å². The molecule has 0 radical (unpaired) electrons. The predicted octanol–water partition coefficient (Wildman–Crippen LogP) is 1.34. The average molecular weight is 242 g/mol. The molecule has 1 atom stereocenters. The first-order valence-electron chi connectivity index (χ1n) is 5.08. The van der Waals surface area contributed by atoms with Gasteiger partial charge >= 0.3 is 6.03 Å². The lowest BCUT2D eigenvalue weighted by molar-refractivity contribution is 0.229.